The summed E-state index contributed by atoms with van der Waals surface area (Å²) in [7, 11) is 0. The van der Waals surface area contributed by atoms with Gasteiger partial charge in [-0.3, -0.25) is 4.39 Å². The molecule has 12 heavy (non-hydrogen) atoms. The van der Waals surface area contributed by atoms with Crippen LogP contribution in [0.15, 0.2) is 0 Å². The molecule has 0 unspecified atom stereocenters. The maximum atomic E-state index is 11.7. The number of rotatable bonds is 7. The summed E-state index contributed by atoms with van der Waals surface area (Å²) < 4.78 is 11.7. The first-order valence-corrected chi connectivity index (χ1v) is 4.67. The van der Waals surface area contributed by atoms with E-state index in [0.717, 1.165) is 12.8 Å². The Kier molecular flexibility index (Phi) is 6.30. The van der Waals surface area contributed by atoms with Crippen molar-refractivity contribution in [3.63, 3.8) is 0 Å². The minimum Gasteiger partial charge on any atom is -0.389 e. The Balaban J connectivity index is 3.45. The molecule has 0 aromatic carbocycles. The Hall–Kier alpha value is -0.150. The van der Waals surface area contributed by atoms with E-state index in [4.69, 9.17) is 0 Å². The fraction of sp³-hybridized carbons (Fsp3) is 1.00. The summed E-state index contributed by atoms with van der Waals surface area (Å²) in [5.74, 6) is 0. The summed E-state index contributed by atoms with van der Waals surface area (Å²) in [6.45, 7) is 4.85. The van der Waals surface area contributed by atoms with Gasteiger partial charge in [0.1, 0.15) is 0 Å². The Labute approximate surface area is 74.2 Å². The highest BCUT2D eigenvalue weighted by Gasteiger charge is 2.20. The van der Waals surface area contributed by atoms with Crippen molar-refractivity contribution >= 4 is 0 Å². The highest BCUT2D eigenvalue weighted by atomic mass is 19.1. The molecule has 0 fully saturated rings. The van der Waals surface area contributed by atoms with Crippen LogP contribution in [0.4, 0.5) is 4.39 Å². The smallest absolute Gasteiger partial charge is 0.0906 e. The molecule has 0 aromatic rings. The lowest BCUT2D eigenvalue weighted by Crippen LogP contribution is -2.39. The van der Waals surface area contributed by atoms with E-state index in [1.54, 1.807) is 0 Å². The SMILES string of the molecule is CCC(O)(CC)CNCCCF. The number of alkyl halides is 1. The standard InChI is InChI=1S/C9H20FNO/c1-3-9(12,4-2)8-11-7-5-6-10/h11-12H,3-8H2,1-2H3. The van der Waals surface area contributed by atoms with Crippen LogP contribution in [0.2, 0.25) is 0 Å². The minimum atomic E-state index is -0.601. The third-order valence-corrected chi connectivity index (χ3v) is 2.26. The van der Waals surface area contributed by atoms with Gasteiger partial charge in [-0.2, -0.15) is 0 Å². The van der Waals surface area contributed by atoms with Gasteiger partial charge >= 0.3 is 0 Å². The number of hydrogen-bond donors (Lipinski definition) is 2. The maximum Gasteiger partial charge on any atom is 0.0906 e. The Morgan fingerprint density at radius 1 is 1.33 bits per heavy atom. The van der Waals surface area contributed by atoms with E-state index < -0.39 is 5.60 Å². The molecule has 0 aromatic heterocycles. The lowest BCUT2D eigenvalue weighted by molar-refractivity contribution is 0.0326. The van der Waals surface area contributed by atoms with E-state index in [9.17, 15) is 9.50 Å². The molecular weight excluding hydrogens is 157 g/mol. The van der Waals surface area contributed by atoms with E-state index in [1.165, 1.54) is 0 Å². The molecule has 74 valence electrons. The summed E-state index contributed by atoms with van der Waals surface area (Å²) in [5, 5.41) is 12.8. The van der Waals surface area contributed by atoms with Crippen LogP contribution in [0.25, 0.3) is 0 Å². The summed E-state index contributed by atoms with van der Waals surface area (Å²) in [6, 6.07) is 0. The van der Waals surface area contributed by atoms with Gasteiger partial charge in [0.25, 0.3) is 0 Å². The van der Waals surface area contributed by atoms with Gasteiger partial charge in [0.2, 0.25) is 0 Å². The number of aliphatic hydroxyl groups is 1. The summed E-state index contributed by atoms with van der Waals surface area (Å²) in [5.41, 5.74) is -0.601. The lowest BCUT2D eigenvalue weighted by atomic mass is 9.98. The van der Waals surface area contributed by atoms with E-state index in [2.05, 4.69) is 5.32 Å². The van der Waals surface area contributed by atoms with Crippen LogP contribution in [0.5, 0.6) is 0 Å². The van der Waals surface area contributed by atoms with Gasteiger partial charge in [0.05, 0.1) is 12.3 Å². The first-order valence-electron chi connectivity index (χ1n) is 4.67. The summed E-state index contributed by atoms with van der Waals surface area (Å²) >= 11 is 0. The molecule has 0 amide bonds. The van der Waals surface area contributed by atoms with Crippen molar-refractivity contribution in [2.75, 3.05) is 19.8 Å². The molecule has 0 saturated heterocycles. The monoisotopic (exact) mass is 177 g/mol. The average Bonchev–Trinajstić information content (AvgIpc) is 2.12. The first kappa shape index (κ1) is 11.8. The van der Waals surface area contributed by atoms with Gasteiger partial charge in [-0.05, 0) is 25.8 Å². The molecule has 0 aliphatic rings. The van der Waals surface area contributed by atoms with Crippen LogP contribution in [-0.2, 0) is 0 Å². The van der Waals surface area contributed by atoms with Crippen LogP contribution in [0.3, 0.4) is 0 Å². The molecule has 3 heteroatoms. The molecular formula is C9H20FNO. The maximum absolute atomic E-state index is 11.7. The molecule has 0 aliphatic heterocycles. The van der Waals surface area contributed by atoms with E-state index in [0.29, 0.717) is 19.5 Å². The van der Waals surface area contributed by atoms with E-state index >= 15 is 0 Å². The van der Waals surface area contributed by atoms with Crippen molar-refractivity contribution in [2.24, 2.45) is 0 Å². The van der Waals surface area contributed by atoms with Gasteiger partial charge < -0.3 is 10.4 Å². The zero-order valence-corrected chi connectivity index (χ0v) is 8.07. The molecule has 0 spiro atoms. The molecule has 0 heterocycles. The summed E-state index contributed by atoms with van der Waals surface area (Å²) in [4.78, 5) is 0. The minimum absolute atomic E-state index is 0.288. The van der Waals surface area contributed by atoms with Gasteiger partial charge in [0.15, 0.2) is 0 Å². The first-order chi connectivity index (χ1) is 5.68. The van der Waals surface area contributed by atoms with Gasteiger partial charge in [-0.15, -0.1) is 0 Å². The molecule has 2 nitrogen and oxygen atoms in total. The molecule has 0 atom stereocenters. The normalized spacial score (nSPS) is 12.0. The van der Waals surface area contributed by atoms with Crippen molar-refractivity contribution < 1.29 is 9.50 Å². The van der Waals surface area contributed by atoms with Crippen molar-refractivity contribution in [1.82, 2.24) is 5.32 Å². The second-order valence-corrected chi connectivity index (χ2v) is 3.15. The topological polar surface area (TPSA) is 32.3 Å². The van der Waals surface area contributed by atoms with Crippen LogP contribution in [-0.4, -0.2) is 30.5 Å². The molecule has 0 rings (SSSR count). The zero-order chi connectivity index (χ0) is 9.45. The fourth-order valence-corrected chi connectivity index (χ4v) is 1.01. The third-order valence-electron chi connectivity index (χ3n) is 2.26. The average molecular weight is 177 g/mol. The Bertz CT molecular complexity index is 105. The largest absolute Gasteiger partial charge is 0.389 e. The predicted octanol–water partition coefficient (Wildman–Crippen LogP) is 1.49. The molecule has 0 saturated carbocycles. The fourth-order valence-electron chi connectivity index (χ4n) is 1.01. The van der Waals surface area contributed by atoms with Crippen LogP contribution >= 0.6 is 0 Å². The molecule has 0 bridgehead atoms. The molecule has 2 N–H and O–H groups in total. The van der Waals surface area contributed by atoms with Crippen LogP contribution in [0, 0.1) is 0 Å². The molecule has 0 radical (unpaired) electrons. The second-order valence-electron chi connectivity index (χ2n) is 3.15. The predicted molar refractivity (Wildman–Crippen MR) is 49.0 cm³/mol. The number of halogens is 1. The van der Waals surface area contributed by atoms with Crippen molar-refractivity contribution in [3.8, 4) is 0 Å². The highest BCUT2D eigenvalue weighted by Crippen LogP contribution is 2.12. The third kappa shape index (κ3) is 4.67. The van der Waals surface area contributed by atoms with Crippen LogP contribution < -0.4 is 5.32 Å². The van der Waals surface area contributed by atoms with E-state index in [-0.39, 0.29) is 6.67 Å². The second kappa shape index (κ2) is 6.38. The van der Waals surface area contributed by atoms with Crippen molar-refractivity contribution in [1.29, 1.82) is 0 Å². The Morgan fingerprint density at radius 2 is 1.92 bits per heavy atom. The zero-order valence-electron chi connectivity index (χ0n) is 8.07. The van der Waals surface area contributed by atoms with Gasteiger partial charge in [0, 0.05) is 6.54 Å². The number of hydrogen-bond acceptors (Lipinski definition) is 2. The van der Waals surface area contributed by atoms with Gasteiger partial charge in [-0.1, -0.05) is 13.8 Å². The van der Waals surface area contributed by atoms with Crippen LogP contribution in [0.1, 0.15) is 33.1 Å². The van der Waals surface area contributed by atoms with Crippen molar-refractivity contribution in [2.45, 2.75) is 38.7 Å². The summed E-state index contributed by atoms with van der Waals surface area (Å²) in [6.07, 6.45) is 2.02. The highest BCUT2D eigenvalue weighted by molar-refractivity contribution is 4.77. The molecule has 0 aliphatic carbocycles. The van der Waals surface area contributed by atoms with Gasteiger partial charge in [-0.25, -0.2) is 0 Å². The quantitative estimate of drug-likeness (QED) is 0.577. The Morgan fingerprint density at radius 3 is 2.33 bits per heavy atom. The lowest BCUT2D eigenvalue weighted by Gasteiger charge is -2.25. The van der Waals surface area contributed by atoms with Crippen molar-refractivity contribution in [3.05, 3.63) is 0 Å². The number of nitrogens with one attached hydrogen (secondary N) is 1. The van der Waals surface area contributed by atoms with E-state index in [1.807, 2.05) is 13.8 Å².